The summed E-state index contributed by atoms with van der Waals surface area (Å²) >= 11 is 5.61. The zero-order valence-corrected chi connectivity index (χ0v) is 8.28. The first-order valence-electron chi connectivity index (χ1n) is 3.46. The minimum absolute atomic E-state index is 0. The molecule has 0 aliphatic carbocycles. The van der Waals surface area contributed by atoms with Gasteiger partial charge in [0.15, 0.2) is 0 Å². The third kappa shape index (κ3) is 3.12. The predicted molar refractivity (Wildman–Crippen MR) is 52.7 cm³/mol. The van der Waals surface area contributed by atoms with Crippen LogP contribution in [-0.2, 0) is 0 Å². The van der Waals surface area contributed by atoms with Crippen LogP contribution < -0.4 is 5.73 Å². The Bertz CT molecular complexity index is 283. The molecule has 0 amide bonds. The van der Waals surface area contributed by atoms with Gasteiger partial charge in [-0.05, 0) is 18.2 Å². The minimum Gasteiger partial charge on any atom is -0.394 e. The van der Waals surface area contributed by atoms with Crippen molar-refractivity contribution in [3.63, 3.8) is 0 Å². The van der Waals surface area contributed by atoms with E-state index in [4.69, 9.17) is 22.4 Å². The normalized spacial score (nSPS) is 12.0. The molecule has 0 aliphatic heterocycles. The second kappa shape index (κ2) is 5.40. The number of hydrogen-bond donors (Lipinski definition) is 2. The van der Waals surface area contributed by atoms with E-state index in [0.717, 1.165) is 0 Å². The Morgan fingerprint density at radius 3 is 2.69 bits per heavy atom. The number of hydrogen-bond acceptors (Lipinski definition) is 2. The van der Waals surface area contributed by atoms with Crippen molar-refractivity contribution in [2.45, 2.75) is 6.04 Å². The molecule has 0 fully saturated rings. The number of aliphatic hydroxyl groups excluding tert-OH is 1. The fraction of sp³-hybridized carbons (Fsp3) is 0.250. The molecule has 74 valence electrons. The minimum atomic E-state index is -0.705. The van der Waals surface area contributed by atoms with Gasteiger partial charge in [0.2, 0.25) is 0 Å². The lowest BCUT2D eigenvalue weighted by molar-refractivity contribution is 0.265. The molecule has 13 heavy (non-hydrogen) atoms. The second-order valence-corrected chi connectivity index (χ2v) is 2.89. The van der Waals surface area contributed by atoms with E-state index in [0.29, 0.717) is 5.02 Å². The summed E-state index contributed by atoms with van der Waals surface area (Å²) in [6, 6.07) is 3.37. The maximum absolute atomic E-state index is 13.0. The van der Waals surface area contributed by atoms with Gasteiger partial charge in [-0.25, -0.2) is 4.39 Å². The summed E-state index contributed by atoms with van der Waals surface area (Å²) < 4.78 is 13.0. The average Bonchev–Trinajstić information content (AvgIpc) is 2.08. The van der Waals surface area contributed by atoms with Gasteiger partial charge in [0.25, 0.3) is 0 Å². The van der Waals surface area contributed by atoms with Crippen molar-refractivity contribution in [1.82, 2.24) is 0 Å². The molecular weight excluding hydrogens is 216 g/mol. The molecule has 2 nitrogen and oxygen atoms in total. The van der Waals surface area contributed by atoms with E-state index < -0.39 is 11.9 Å². The van der Waals surface area contributed by atoms with E-state index in [1.807, 2.05) is 0 Å². The SMILES string of the molecule is Cl.NC(CO)c1cc(Cl)ccc1F. The van der Waals surface area contributed by atoms with Crippen LogP contribution in [0, 0.1) is 5.82 Å². The molecule has 1 rings (SSSR count). The molecule has 0 spiro atoms. The van der Waals surface area contributed by atoms with Crippen molar-refractivity contribution in [2.75, 3.05) is 6.61 Å². The fourth-order valence-electron chi connectivity index (χ4n) is 0.897. The van der Waals surface area contributed by atoms with Crippen LogP contribution in [0.4, 0.5) is 4.39 Å². The highest BCUT2D eigenvalue weighted by molar-refractivity contribution is 6.30. The molecule has 1 aromatic carbocycles. The van der Waals surface area contributed by atoms with Crippen molar-refractivity contribution in [1.29, 1.82) is 0 Å². The van der Waals surface area contributed by atoms with Crippen LogP contribution in [0.2, 0.25) is 5.02 Å². The molecular formula is C8H10Cl2FNO. The van der Waals surface area contributed by atoms with Gasteiger partial charge in [-0.1, -0.05) is 11.6 Å². The maximum atomic E-state index is 13.0. The van der Waals surface area contributed by atoms with E-state index in [-0.39, 0.29) is 24.6 Å². The monoisotopic (exact) mass is 225 g/mol. The van der Waals surface area contributed by atoms with Gasteiger partial charge in [-0.15, -0.1) is 12.4 Å². The van der Waals surface area contributed by atoms with Crippen LogP contribution in [-0.4, -0.2) is 11.7 Å². The van der Waals surface area contributed by atoms with Crippen LogP contribution in [0.5, 0.6) is 0 Å². The van der Waals surface area contributed by atoms with Crippen molar-refractivity contribution in [3.05, 3.63) is 34.6 Å². The maximum Gasteiger partial charge on any atom is 0.128 e. The number of aliphatic hydroxyl groups is 1. The van der Waals surface area contributed by atoms with Gasteiger partial charge in [-0.2, -0.15) is 0 Å². The van der Waals surface area contributed by atoms with Crippen LogP contribution in [0.3, 0.4) is 0 Å². The molecule has 0 aromatic heterocycles. The Hall–Kier alpha value is -0.350. The van der Waals surface area contributed by atoms with E-state index in [1.165, 1.54) is 18.2 Å². The van der Waals surface area contributed by atoms with Gasteiger partial charge >= 0.3 is 0 Å². The first-order chi connectivity index (χ1) is 5.65. The summed E-state index contributed by atoms with van der Waals surface area (Å²) in [6.45, 7) is -0.294. The lowest BCUT2D eigenvalue weighted by Crippen LogP contribution is -2.15. The van der Waals surface area contributed by atoms with Crippen LogP contribution >= 0.6 is 24.0 Å². The Morgan fingerprint density at radius 1 is 1.54 bits per heavy atom. The van der Waals surface area contributed by atoms with Crippen LogP contribution in [0.25, 0.3) is 0 Å². The standard InChI is InChI=1S/C8H9ClFNO.ClH/c9-5-1-2-7(10)6(3-5)8(11)4-12;/h1-3,8,12H,4,11H2;1H. The number of halogens is 3. The zero-order chi connectivity index (χ0) is 9.14. The van der Waals surface area contributed by atoms with Gasteiger partial charge < -0.3 is 10.8 Å². The topological polar surface area (TPSA) is 46.2 Å². The zero-order valence-electron chi connectivity index (χ0n) is 6.71. The van der Waals surface area contributed by atoms with E-state index in [1.54, 1.807) is 0 Å². The third-order valence-electron chi connectivity index (χ3n) is 1.55. The molecule has 3 N–H and O–H groups in total. The van der Waals surface area contributed by atoms with E-state index in [2.05, 4.69) is 0 Å². The Labute approximate surface area is 86.9 Å². The summed E-state index contributed by atoms with van der Waals surface area (Å²) in [5.74, 6) is -0.444. The van der Waals surface area contributed by atoms with Crippen molar-refractivity contribution in [3.8, 4) is 0 Å². The van der Waals surface area contributed by atoms with Crippen molar-refractivity contribution >= 4 is 24.0 Å². The van der Waals surface area contributed by atoms with Crippen molar-refractivity contribution < 1.29 is 9.50 Å². The van der Waals surface area contributed by atoms with Gasteiger partial charge in [-0.3, -0.25) is 0 Å². The van der Waals surface area contributed by atoms with E-state index in [9.17, 15) is 4.39 Å². The summed E-state index contributed by atoms with van der Waals surface area (Å²) in [7, 11) is 0. The highest BCUT2D eigenvalue weighted by atomic mass is 35.5. The predicted octanol–water partition coefficient (Wildman–Crippen LogP) is 1.89. The van der Waals surface area contributed by atoms with Gasteiger partial charge in [0.1, 0.15) is 5.82 Å². The Morgan fingerprint density at radius 2 is 2.15 bits per heavy atom. The number of benzene rings is 1. The summed E-state index contributed by atoms with van der Waals surface area (Å²) in [5.41, 5.74) is 5.66. The summed E-state index contributed by atoms with van der Waals surface area (Å²) in [4.78, 5) is 0. The molecule has 0 aliphatic rings. The largest absolute Gasteiger partial charge is 0.394 e. The molecule has 1 aromatic rings. The first kappa shape index (κ1) is 12.7. The molecule has 0 bridgehead atoms. The second-order valence-electron chi connectivity index (χ2n) is 2.45. The lowest BCUT2D eigenvalue weighted by atomic mass is 10.1. The van der Waals surface area contributed by atoms with E-state index >= 15 is 0 Å². The highest BCUT2D eigenvalue weighted by Gasteiger charge is 2.10. The summed E-state index contributed by atoms with van der Waals surface area (Å²) in [6.07, 6.45) is 0. The average molecular weight is 226 g/mol. The highest BCUT2D eigenvalue weighted by Crippen LogP contribution is 2.19. The van der Waals surface area contributed by atoms with Crippen LogP contribution in [0.1, 0.15) is 11.6 Å². The Balaban J connectivity index is 0.00000144. The van der Waals surface area contributed by atoms with Gasteiger partial charge in [0.05, 0.1) is 12.6 Å². The van der Waals surface area contributed by atoms with Gasteiger partial charge in [0, 0.05) is 10.6 Å². The van der Waals surface area contributed by atoms with Crippen LogP contribution in [0.15, 0.2) is 18.2 Å². The first-order valence-corrected chi connectivity index (χ1v) is 3.84. The molecule has 0 heterocycles. The molecule has 0 saturated carbocycles. The lowest BCUT2D eigenvalue weighted by Gasteiger charge is -2.09. The smallest absolute Gasteiger partial charge is 0.128 e. The molecule has 5 heteroatoms. The Kier molecular flexibility index (Phi) is 5.25. The summed E-state index contributed by atoms with van der Waals surface area (Å²) in [5, 5.41) is 9.08. The third-order valence-corrected chi connectivity index (χ3v) is 1.79. The molecule has 0 saturated heterocycles. The molecule has 1 unspecified atom stereocenters. The molecule has 1 atom stereocenters. The number of rotatable bonds is 2. The number of nitrogens with two attached hydrogens (primary N) is 1. The molecule has 0 radical (unpaired) electrons. The fourth-order valence-corrected chi connectivity index (χ4v) is 1.08. The van der Waals surface area contributed by atoms with Crippen molar-refractivity contribution in [2.24, 2.45) is 5.73 Å². The quantitative estimate of drug-likeness (QED) is 0.808.